The minimum atomic E-state index is 0.606. The Balaban J connectivity index is 1.70. The Kier molecular flexibility index (Phi) is 5.01. The molecule has 4 aromatic rings. The lowest BCUT2D eigenvalue weighted by Gasteiger charge is -2.08. The van der Waals surface area contributed by atoms with Gasteiger partial charge in [0, 0.05) is 21.0 Å². The van der Waals surface area contributed by atoms with Gasteiger partial charge >= 0.3 is 0 Å². The van der Waals surface area contributed by atoms with E-state index >= 15 is 0 Å². The van der Waals surface area contributed by atoms with Crippen LogP contribution in [0.15, 0.2) is 77.9 Å². The van der Waals surface area contributed by atoms with Crippen molar-refractivity contribution in [3.8, 4) is 11.4 Å². The minimum absolute atomic E-state index is 0.606. The number of nitrogens with zero attached hydrogens (tertiary/aromatic N) is 3. The highest BCUT2D eigenvalue weighted by atomic mass is 35.5. The zero-order valence-electron chi connectivity index (χ0n) is 14.1. The molecule has 4 nitrogen and oxygen atoms in total. The number of halogens is 2. The quantitative estimate of drug-likeness (QED) is 0.339. The largest absolute Gasteiger partial charge is 0.261 e. The van der Waals surface area contributed by atoms with Crippen LogP contribution in [0.5, 0.6) is 0 Å². The Morgan fingerprint density at radius 2 is 1.44 bits per heavy atom. The monoisotopic (exact) mass is 392 g/mol. The zero-order chi connectivity index (χ0) is 18.6. The molecule has 6 heteroatoms. The second-order valence-electron chi connectivity index (χ2n) is 5.84. The molecule has 0 bridgehead atoms. The highest BCUT2D eigenvalue weighted by molar-refractivity contribution is 6.30. The van der Waals surface area contributed by atoms with Crippen LogP contribution in [0.3, 0.4) is 0 Å². The van der Waals surface area contributed by atoms with Crippen LogP contribution in [-0.4, -0.2) is 16.2 Å². The molecule has 0 saturated carbocycles. The number of fused-ring (bicyclic) bond motifs is 1. The third-order valence-corrected chi connectivity index (χ3v) is 4.46. The van der Waals surface area contributed by atoms with E-state index in [2.05, 4.69) is 20.5 Å². The molecule has 1 aromatic heterocycles. The Morgan fingerprint density at radius 3 is 2.19 bits per heavy atom. The van der Waals surface area contributed by atoms with Crippen molar-refractivity contribution in [2.75, 3.05) is 5.43 Å². The van der Waals surface area contributed by atoms with Crippen molar-refractivity contribution >= 4 is 46.1 Å². The summed E-state index contributed by atoms with van der Waals surface area (Å²) in [4.78, 5) is 9.30. The molecule has 4 rings (SSSR count). The van der Waals surface area contributed by atoms with Crippen molar-refractivity contribution in [1.82, 2.24) is 9.97 Å². The lowest BCUT2D eigenvalue weighted by atomic mass is 10.2. The Labute approximate surface area is 166 Å². The maximum absolute atomic E-state index is 5.98. The Hall–Kier alpha value is -2.95. The van der Waals surface area contributed by atoms with Gasteiger partial charge in [0.15, 0.2) is 11.6 Å². The molecule has 0 amide bonds. The van der Waals surface area contributed by atoms with Gasteiger partial charge in [-0.15, -0.1) is 0 Å². The summed E-state index contributed by atoms with van der Waals surface area (Å²) in [7, 11) is 0. The molecule has 3 aromatic carbocycles. The molecule has 0 aliphatic carbocycles. The average molecular weight is 393 g/mol. The first-order valence-corrected chi connectivity index (χ1v) is 9.02. The van der Waals surface area contributed by atoms with E-state index in [1.54, 1.807) is 6.21 Å². The van der Waals surface area contributed by atoms with Crippen LogP contribution in [0.1, 0.15) is 5.56 Å². The number of benzene rings is 3. The van der Waals surface area contributed by atoms with Crippen LogP contribution in [0.4, 0.5) is 5.82 Å². The summed E-state index contributed by atoms with van der Waals surface area (Å²) < 4.78 is 0. The number of nitrogens with one attached hydrogen (secondary N) is 1. The normalized spacial score (nSPS) is 11.2. The fraction of sp³-hybridized carbons (Fsp3) is 0. The molecular formula is C21H14Cl2N4. The average Bonchev–Trinajstić information content (AvgIpc) is 2.70. The smallest absolute Gasteiger partial charge is 0.162 e. The van der Waals surface area contributed by atoms with Gasteiger partial charge in [-0.3, -0.25) is 5.43 Å². The van der Waals surface area contributed by atoms with E-state index in [0.29, 0.717) is 21.7 Å². The third kappa shape index (κ3) is 4.08. The number of rotatable bonds is 4. The summed E-state index contributed by atoms with van der Waals surface area (Å²) in [5.74, 6) is 1.24. The summed E-state index contributed by atoms with van der Waals surface area (Å²) >= 11 is 11.9. The van der Waals surface area contributed by atoms with Crippen molar-refractivity contribution in [2.24, 2.45) is 5.10 Å². The van der Waals surface area contributed by atoms with Crippen LogP contribution in [-0.2, 0) is 0 Å². The molecule has 132 valence electrons. The molecule has 0 aliphatic rings. The molecule has 27 heavy (non-hydrogen) atoms. The van der Waals surface area contributed by atoms with E-state index in [1.165, 1.54) is 0 Å². The maximum Gasteiger partial charge on any atom is 0.162 e. The van der Waals surface area contributed by atoms with Crippen LogP contribution in [0, 0.1) is 0 Å². The topological polar surface area (TPSA) is 50.2 Å². The maximum atomic E-state index is 5.98. The summed E-state index contributed by atoms with van der Waals surface area (Å²) in [6, 6.07) is 22.7. The number of para-hydroxylation sites is 1. The molecule has 0 radical (unpaired) electrons. The van der Waals surface area contributed by atoms with E-state index in [4.69, 9.17) is 23.2 Å². The van der Waals surface area contributed by atoms with Crippen molar-refractivity contribution in [2.45, 2.75) is 0 Å². The van der Waals surface area contributed by atoms with Crippen LogP contribution in [0.25, 0.3) is 22.3 Å². The standard InChI is InChI=1S/C21H14Cl2N4/c22-16-9-5-14(6-10-16)13-24-27-21-18-3-1-2-4-19(18)25-20(26-21)15-7-11-17(23)12-8-15/h1-13H,(H,25,26,27)/b24-13-. The third-order valence-electron chi connectivity index (χ3n) is 3.96. The van der Waals surface area contributed by atoms with E-state index in [0.717, 1.165) is 22.0 Å². The summed E-state index contributed by atoms with van der Waals surface area (Å²) in [5.41, 5.74) is 5.68. The van der Waals surface area contributed by atoms with Crippen molar-refractivity contribution in [3.05, 3.63) is 88.4 Å². The predicted molar refractivity (Wildman–Crippen MR) is 113 cm³/mol. The molecule has 0 unspecified atom stereocenters. The lowest BCUT2D eigenvalue weighted by molar-refractivity contribution is 1.19. The fourth-order valence-electron chi connectivity index (χ4n) is 2.61. The number of hydrogen-bond donors (Lipinski definition) is 1. The molecule has 0 saturated heterocycles. The molecule has 1 heterocycles. The first kappa shape index (κ1) is 17.5. The molecule has 0 spiro atoms. The first-order chi connectivity index (χ1) is 13.2. The summed E-state index contributed by atoms with van der Waals surface area (Å²) in [6.07, 6.45) is 1.72. The SMILES string of the molecule is Clc1ccc(/C=N\Nc2nc(-c3ccc(Cl)cc3)nc3ccccc23)cc1. The molecule has 0 aliphatic heterocycles. The zero-order valence-corrected chi connectivity index (χ0v) is 15.6. The lowest BCUT2D eigenvalue weighted by Crippen LogP contribution is -1.99. The van der Waals surface area contributed by atoms with E-state index < -0.39 is 0 Å². The summed E-state index contributed by atoms with van der Waals surface area (Å²) in [6.45, 7) is 0. The van der Waals surface area contributed by atoms with Crippen LogP contribution >= 0.6 is 23.2 Å². The molecule has 1 N–H and O–H groups in total. The molecule has 0 atom stereocenters. The highest BCUT2D eigenvalue weighted by Gasteiger charge is 2.08. The number of hydrazone groups is 1. The molecule has 0 fully saturated rings. The summed E-state index contributed by atoms with van der Waals surface area (Å²) in [5, 5.41) is 6.56. The van der Waals surface area contributed by atoms with E-state index in [-0.39, 0.29) is 0 Å². The second-order valence-corrected chi connectivity index (χ2v) is 6.71. The van der Waals surface area contributed by atoms with Gasteiger partial charge in [0.25, 0.3) is 0 Å². The minimum Gasteiger partial charge on any atom is -0.261 e. The van der Waals surface area contributed by atoms with Gasteiger partial charge in [0.05, 0.1) is 11.7 Å². The number of anilines is 1. The number of hydrogen-bond acceptors (Lipinski definition) is 4. The van der Waals surface area contributed by atoms with Crippen molar-refractivity contribution in [1.29, 1.82) is 0 Å². The van der Waals surface area contributed by atoms with E-state index in [1.807, 2.05) is 72.8 Å². The van der Waals surface area contributed by atoms with Gasteiger partial charge in [-0.2, -0.15) is 5.10 Å². The first-order valence-electron chi connectivity index (χ1n) is 8.26. The van der Waals surface area contributed by atoms with Crippen molar-refractivity contribution in [3.63, 3.8) is 0 Å². The Bertz CT molecular complexity index is 1110. The van der Waals surface area contributed by atoms with Gasteiger partial charge in [0.1, 0.15) is 0 Å². The van der Waals surface area contributed by atoms with Gasteiger partial charge in [-0.05, 0) is 54.1 Å². The van der Waals surface area contributed by atoms with Gasteiger partial charge < -0.3 is 0 Å². The molecular weight excluding hydrogens is 379 g/mol. The van der Waals surface area contributed by atoms with Gasteiger partial charge in [-0.25, -0.2) is 9.97 Å². The highest BCUT2D eigenvalue weighted by Crippen LogP contribution is 2.25. The van der Waals surface area contributed by atoms with Crippen LogP contribution in [0.2, 0.25) is 10.0 Å². The van der Waals surface area contributed by atoms with E-state index in [9.17, 15) is 0 Å². The fourth-order valence-corrected chi connectivity index (χ4v) is 2.86. The Morgan fingerprint density at radius 1 is 0.778 bits per heavy atom. The van der Waals surface area contributed by atoms with Gasteiger partial charge in [0.2, 0.25) is 0 Å². The van der Waals surface area contributed by atoms with Gasteiger partial charge in [-0.1, -0.05) is 47.5 Å². The second kappa shape index (κ2) is 7.74. The number of aromatic nitrogens is 2. The predicted octanol–water partition coefficient (Wildman–Crippen LogP) is 6.05. The van der Waals surface area contributed by atoms with Crippen LogP contribution < -0.4 is 5.43 Å². The van der Waals surface area contributed by atoms with Crippen molar-refractivity contribution < 1.29 is 0 Å².